The molecule has 0 spiro atoms. The summed E-state index contributed by atoms with van der Waals surface area (Å²) in [6.45, 7) is 11.7. The molecule has 1 unspecified atom stereocenters. The monoisotopic (exact) mass is 218 g/mol. The Hall–Kier alpha value is -0.900. The lowest BCUT2D eigenvalue weighted by atomic mass is 10.2. The van der Waals surface area contributed by atoms with Gasteiger partial charge in [-0.15, -0.1) is 0 Å². The number of amides is 1. The number of primary amides is 1. The van der Waals surface area contributed by atoms with Crippen LogP contribution in [-0.4, -0.2) is 24.8 Å². The Kier molecular flexibility index (Phi) is 24.6. The predicted octanol–water partition coefficient (Wildman–Crippen LogP) is 1.48. The van der Waals surface area contributed by atoms with Crippen LogP contribution in [0.5, 0.6) is 0 Å². The highest BCUT2D eigenvalue weighted by atomic mass is 16.2. The van der Waals surface area contributed by atoms with E-state index in [1.807, 2.05) is 13.8 Å². The summed E-state index contributed by atoms with van der Waals surface area (Å²) in [6.07, 6.45) is 2.64. The number of carbonyl (C=O) groups excluding carboxylic acids is 2. The van der Waals surface area contributed by atoms with Crippen molar-refractivity contribution in [2.24, 2.45) is 5.73 Å². The third-order valence-electron chi connectivity index (χ3n) is 1.39. The van der Waals surface area contributed by atoms with Gasteiger partial charge >= 0.3 is 0 Å². The average Bonchev–Trinajstić information content (AvgIpc) is 2.22. The minimum Gasteiger partial charge on any atom is -0.363 e. The van der Waals surface area contributed by atoms with Crippen LogP contribution in [0.25, 0.3) is 0 Å². The molecule has 0 aromatic carbocycles. The Labute approximate surface area is 93.6 Å². The summed E-state index contributed by atoms with van der Waals surface area (Å²) in [5.74, 6) is -0.926. The molecule has 1 atom stereocenters. The van der Waals surface area contributed by atoms with Gasteiger partial charge in [0, 0.05) is 6.04 Å². The van der Waals surface area contributed by atoms with Crippen LogP contribution in [0.15, 0.2) is 0 Å². The quantitative estimate of drug-likeness (QED) is 0.542. The molecule has 0 rings (SSSR count). The Bertz CT molecular complexity index is 133. The number of carbonyl (C=O) groups is 2. The first kappa shape index (κ1) is 19.6. The standard InChI is InChI=1S/C7H17N.C2H3NO2.C2H6/c1-4-6-7(3)8-5-2;3-2(5)1-4;1-2/h7-8H,4-6H2,1-3H3;1H,(H2,3,5);1-2H3. The van der Waals surface area contributed by atoms with Gasteiger partial charge in [-0.1, -0.05) is 34.1 Å². The van der Waals surface area contributed by atoms with Crippen LogP contribution >= 0.6 is 0 Å². The largest absolute Gasteiger partial charge is 0.363 e. The van der Waals surface area contributed by atoms with Gasteiger partial charge in [0.15, 0.2) is 0 Å². The number of rotatable bonds is 5. The molecule has 0 aromatic heterocycles. The molecular weight excluding hydrogens is 192 g/mol. The van der Waals surface area contributed by atoms with Gasteiger partial charge in [0.25, 0.3) is 5.91 Å². The smallest absolute Gasteiger partial charge is 0.281 e. The van der Waals surface area contributed by atoms with Crippen LogP contribution in [0.4, 0.5) is 0 Å². The lowest BCUT2D eigenvalue weighted by Gasteiger charge is -2.08. The Morgan fingerprint density at radius 2 is 1.80 bits per heavy atom. The van der Waals surface area contributed by atoms with Crippen molar-refractivity contribution < 1.29 is 9.59 Å². The highest BCUT2D eigenvalue weighted by Gasteiger charge is 1.93. The Balaban J connectivity index is -0.000000177. The Morgan fingerprint density at radius 3 is 2.00 bits per heavy atom. The van der Waals surface area contributed by atoms with Crippen LogP contribution < -0.4 is 11.1 Å². The fourth-order valence-corrected chi connectivity index (χ4v) is 0.884. The number of nitrogens with one attached hydrogen (secondary N) is 1. The molecule has 0 aliphatic rings. The molecule has 0 aromatic rings. The van der Waals surface area contributed by atoms with E-state index in [4.69, 9.17) is 4.79 Å². The van der Waals surface area contributed by atoms with Gasteiger partial charge in [-0.05, 0) is 19.9 Å². The van der Waals surface area contributed by atoms with E-state index in [1.165, 1.54) is 12.8 Å². The van der Waals surface area contributed by atoms with E-state index in [9.17, 15) is 4.79 Å². The second-order valence-electron chi connectivity index (χ2n) is 2.77. The van der Waals surface area contributed by atoms with Crippen molar-refractivity contribution in [1.29, 1.82) is 0 Å². The predicted molar refractivity (Wildman–Crippen MR) is 64.7 cm³/mol. The maximum Gasteiger partial charge on any atom is 0.281 e. The van der Waals surface area contributed by atoms with E-state index >= 15 is 0 Å². The molecule has 3 N–H and O–H groups in total. The van der Waals surface area contributed by atoms with E-state index in [0.29, 0.717) is 6.04 Å². The van der Waals surface area contributed by atoms with Crippen molar-refractivity contribution in [3.05, 3.63) is 0 Å². The second kappa shape index (κ2) is 18.8. The van der Waals surface area contributed by atoms with Crippen LogP contribution in [0.2, 0.25) is 0 Å². The first-order valence-electron chi connectivity index (χ1n) is 5.56. The van der Waals surface area contributed by atoms with Crippen molar-refractivity contribution in [3.63, 3.8) is 0 Å². The second-order valence-corrected chi connectivity index (χ2v) is 2.77. The molecular formula is C11H26N2O2. The number of aldehydes is 1. The van der Waals surface area contributed by atoms with E-state index < -0.39 is 5.91 Å². The summed E-state index contributed by atoms with van der Waals surface area (Å²) in [5.41, 5.74) is 4.28. The topological polar surface area (TPSA) is 72.2 Å². The molecule has 0 saturated carbocycles. The molecule has 0 radical (unpaired) electrons. The molecule has 92 valence electrons. The lowest BCUT2D eigenvalue weighted by molar-refractivity contribution is -0.129. The van der Waals surface area contributed by atoms with Gasteiger partial charge < -0.3 is 11.1 Å². The maximum absolute atomic E-state index is 9.22. The summed E-state index contributed by atoms with van der Waals surface area (Å²) in [6, 6.07) is 0.713. The molecule has 0 bridgehead atoms. The summed E-state index contributed by atoms with van der Waals surface area (Å²) in [4.78, 5) is 18.3. The normalized spacial score (nSPS) is 9.93. The van der Waals surface area contributed by atoms with Crippen LogP contribution in [0.1, 0.15) is 47.5 Å². The molecule has 0 saturated heterocycles. The van der Waals surface area contributed by atoms with E-state index in [0.717, 1.165) is 6.54 Å². The Morgan fingerprint density at radius 1 is 1.40 bits per heavy atom. The maximum atomic E-state index is 9.22. The van der Waals surface area contributed by atoms with Crippen molar-refractivity contribution >= 4 is 12.2 Å². The van der Waals surface area contributed by atoms with Gasteiger partial charge in [-0.25, -0.2) is 0 Å². The number of hydrogen-bond donors (Lipinski definition) is 2. The minimum atomic E-state index is -0.926. The van der Waals surface area contributed by atoms with Crippen LogP contribution in [0, 0.1) is 0 Å². The first-order chi connectivity index (χ1) is 7.08. The highest BCUT2D eigenvalue weighted by molar-refractivity contribution is 6.22. The van der Waals surface area contributed by atoms with Gasteiger partial charge in [-0.2, -0.15) is 0 Å². The van der Waals surface area contributed by atoms with Gasteiger partial charge in [0.1, 0.15) is 0 Å². The summed E-state index contributed by atoms with van der Waals surface area (Å²) in [5, 5.41) is 3.35. The van der Waals surface area contributed by atoms with E-state index in [1.54, 1.807) is 0 Å². The highest BCUT2D eigenvalue weighted by Crippen LogP contribution is 1.92. The minimum absolute atomic E-state index is 0.0556. The summed E-state index contributed by atoms with van der Waals surface area (Å²) >= 11 is 0. The van der Waals surface area contributed by atoms with Crippen LogP contribution in [-0.2, 0) is 9.59 Å². The molecule has 15 heavy (non-hydrogen) atoms. The van der Waals surface area contributed by atoms with Crippen molar-refractivity contribution in [1.82, 2.24) is 5.32 Å². The van der Waals surface area contributed by atoms with Gasteiger partial charge in [0.2, 0.25) is 6.29 Å². The van der Waals surface area contributed by atoms with Crippen molar-refractivity contribution in [3.8, 4) is 0 Å². The fraction of sp³-hybridized carbons (Fsp3) is 0.818. The molecule has 1 amide bonds. The van der Waals surface area contributed by atoms with Gasteiger partial charge in [0.05, 0.1) is 0 Å². The third kappa shape index (κ3) is 32.0. The fourth-order valence-electron chi connectivity index (χ4n) is 0.884. The zero-order chi connectivity index (χ0) is 12.7. The van der Waals surface area contributed by atoms with Crippen molar-refractivity contribution in [2.75, 3.05) is 6.54 Å². The zero-order valence-corrected chi connectivity index (χ0v) is 10.7. The van der Waals surface area contributed by atoms with E-state index in [-0.39, 0.29) is 6.29 Å². The third-order valence-corrected chi connectivity index (χ3v) is 1.39. The average molecular weight is 218 g/mol. The molecule has 0 aliphatic heterocycles. The van der Waals surface area contributed by atoms with Gasteiger partial charge in [-0.3, -0.25) is 9.59 Å². The van der Waals surface area contributed by atoms with Crippen LogP contribution in [0.3, 0.4) is 0 Å². The molecule has 4 heteroatoms. The first-order valence-corrected chi connectivity index (χ1v) is 5.56. The number of nitrogens with two attached hydrogens (primary N) is 1. The lowest BCUT2D eigenvalue weighted by Crippen LogP contribution is -2.24. The summed E-state index contributed by atoms with van der Waals surface area (Å²) in [7, 11) is 0. The molecule has 4 nitrogen and oxygen atoms in total. The molecule has 0 heterocycles. The van der Waals surface area contributed by atoms with E-state index in [2.05, 4.69) is 31.8 Å². The summed E-state index contributed by atoms with van der Waals surface area (Å²) < 4.78 is 0. The number of hydrogen-bond acceptors (Lipinski definition) is 3. The SMILES string of the molecule is CC.CCCC(C)NCC.NC(=O)C=O. The van der Waals surface area contributed by atoms with Crippen molar-refractivity contribution in [2.45, 2.75) is 53.5 Å². The molecule has 0 aliphatic carbocycles. The molecule has 0 fully saturated rings. The zero-order valence-electron chi connectivity index (χ0n) is 10.7.